The minimum absolute atomic E-state index is 0.154. The summed E-state index contributed by atoms with van der Waals surface area (Å²) in [5.74, 6) is 1.93. The predicted octanol–water partition coefficient (Wildman–Crippen LogP) is 3.93. The third-order valence-electron chi connectivity index (χ3n) is 4.25. The summed E-state index contributed by atoms with van der Waals surface area (Å²) in [5, 5.41) is 9.55. The van der Waals surface area contributed by atoms with E-state index in [-0.39, 0.29) is 11.4 Å². The fourth-order valence-electron chi connectivity index (χ4n) is 2.82. The third-order valence-corrected chi connectivity index (χ3v) is 4.25. The second kappa shape index (κ2) is 7.21. The highest BCUT2D eigenvalue weighted by Gasteiger charge is 2.15. The Morgan fingerprint density at radius 1 is 1.07 bits per heavy atom. The van der Waals surface area contributed by atoms with E-state index in [4.69, 9.17) is 14.9 Å². The summed E-state index contributed by atoms with van der Waals surface area (Å²) in [6.45, 7) is 0. The molecule has 28 heavy (non-hydrogen) atoms. The molecule has 0 bridgehead atoms. The van der Waals surface area contributed by atoms with Gasteiger partial charge >= 0.3 is 0 Å². The number of aromatic nitrogens is 3. The number of furan rings is 1. The van der Waals surface area contributed by atoms with E-state index in [1.807, 2.05) is 30.3 Å². The zero-order chi connectivity index (χ0) is 19.5. The summed E-state index contributed by atoms with van der Waals surface area (Å²) in [4.78, 5) is 13.0. The molecule has 2 N–H and O–H groups in total. The van der Waals surface area contributed by atoms with Crippen molar-refractivity contribution in [2.75, 3.05) is 12.8 Å². The molecule has 0 unspecified atom stereocenters. The quantitative estimate of drug-likeness (QED) is 0.580. The van der Waals surface area contributed by atoms with Gasteiger partial charge < -0.3 is 14.9 Å². The highest BCUT2D eigenvalue weighted by molar-refractivity contribution is 5.79. The molecule has 0 fully saturated rings. The van der Waals surface area contributed by atoms with Crippen LogP contribution in [0, 0.1) is 11.3 Å². The largest absolute Gasteiger partial charge is 0.497 e. The molecule has 0 aliphatic heterocycles. The fraction of sp³-hybridized carbons (Fsp3) is 0.0476. The van der Waals surface area contributed by atoms with Gasteiger partial charge in [0.25, 0.3) is 0 Å². The van der Waals surface area contributed by atoms with Crippen molar-refractivity contribution >= 4 is 5.82 Å². The highest BCUT2D eigenvalue weighted by Crippen LogP contribution is 2.31. The SMILES string of the molecule is COc1ccc(-c2cc(-c3cnc(-c4ccco4)nc3)c(C#N)c(N)n2)cc1. The van der Waals surface area contributed by atoms with Crippen molar-refractivity contribution < 1.29 is 9.15 Å². The van der Waals surface area contributed by atoms with Gasteiger partial charge in [0.1, 0.15) is 23.2 Å². The molecule has 0 spiro atoms. The van der Waals surface area contributed by atoms with E-state index in [0.717, 1.165) is 11.3 Å². The van der Waals surface area contributed by atoms with Crippen molar-refractivity contribution in [3.63, 3.8) is 0 Å². The Kier molecular flexibility index (Phi) is 4.44. The monoisotopic (exact) mass is 369 g/mol. The number of benzene rings is 1. The Labute approximate surface area is 161 Å². The van der Waals surface area contributed by atoms with Crippen LogP contribution in [-0.2, 0) is 0 Å². The van der Waals surface area contributed by atoms with E-state index in [0.29, 0.717) is 28.4 Å². The second-order valence-corrected chi connectivity index (χ2v) is 5.93. The first kappa shape index (κ1) is 17.2. The average Bonchev–Trinajstić information content (AvgIpc) is 3.28. The van der Waals surface area contributed by atoms with E-state index < -0.39 is 0 Å². The van der Waals surface area contributed by atoms with Gasteiger partial charge in [-0.1, -0.05) is 0 Å². The lowest BCUT2D eigenvalue weighted by Gasteiger charge is -2.10. The van der Waals surface area contributed by atoms with Crippen LogP contribution in [0.25, 0.3) is 34.0 Å². The zero-order valence-corrected chi connectivity index (χ0v) is 15.0. The van der Waals surface area contributed by atoms with Crippen LogP contribution in [0.5, 0.6) is 5.75 Å². The molecule has 1 aromatic carbocycles. The standard InChI is InChI=1S/C21H15N5O2/c1-27-15-6-4-13(5-7-15)18-9-16(17(10-22)20(23)26-18)14-11-24-21(25-12-14)19-3-2-8-28-19/h2-9,11-12H,1H3,(H2,23,26). The lowest BCUT2D eigenvalue weighted by atomic mass is 10.0. The average molecular weight is 369 g/mol. The molecule has 3 aromatic heterocycles. The van der Waals surface area contributed by atoms with Crippen LogP contribution in [-0.4, -0.2) is 22.1 Å². The number of nitrogens with zero attached hydrogens (tertiary/aromatic N) is 4. The summed E-state index contributed by atoms with van der Waals surface area (Å²) in [7, 11) is 1.61. The number of nitriles is 1. The first-order valence-electron chi connectivity index (χ1n) is 8.41. The smallest absolute Gasteiger partial charge is 0.195 e. The predicted molar refractivity (Wildman–Crippen MR) is 104 cm³/mol. The van der Waals surface area contributed by atoms with Gasteiger partial charge in [-0.3, -0.25) is 0 Å². The number of anilines is 1. The van der Waals surface area contributed by atoms with Crippen molar-refractivity contribution in [1.82, 2.24) is 15.0 Å². The van der Waals surface area contributed by atoms with Gasteiger partial charge in [-0.2, -0.15) is 5.26 Å². The third kappa shape index (κ3) is 3.15. The number of hydrogen-bond acceptors (Lipinski definition) is 7. The topological polar surface area (TPSA) is 111 Å². The summed E-state index contributed by atoms with van der Waals surface area (Å²) in [6, 6.07) is 14.9. The van der Waals surface area contributed by atoms with E-state index in [9.17, 15) is 5.26 Å². The maximum atomic E-state index is 9.55. The normalized spacial score (nSPS) is 10.4. The van der Waals surface area contributed by atoms with Gasteiger partial charge in [0.05, 0.1) is 19.1 Å². The van der Waals surface area contributed by atoms with Crippen LogP contribution < -0.4 is 10.5 Å². The van der Waals surface area contributed by atoms with Crippen LogP contribution >= 0.6 is 0 Å². The fourth-order valence-corrected chi connectivity index (χ4v) is 2.82. The van der Waals surface area contributed by atoms with Crippen LogP contribution in [0.3, 0.4) is 0 Å². The molecule has 7 heteroatoms. The van der Waals surface area contributed by atoms with Gasteiger partial charge in [0.2, 0.25) is 0 Å². The van der Waals surface area contributed by atoms with E-state index >= 15 is 0 Å². The molecule has 136 valence electrons. The van der Waals surface area contributed by atoms with Crippen molar-refractivity contribution in [2.45, 2.75) is 0 Å². The zero-order valence-electron chi connectivity index (χ0n) is 15.0. The van der Waals surface area contributed by atoms with Crippen molar-refractivity contribution in [3.8, 4) is 45.8 Å². The molecule has 0 amide bonds. The molecule has 0 saturated heterocycles. The van der Waals surface area contributed by atoms with Crippen LogP contribution in [0.2, 0.25) is 0 Å². The van der Waals surface area contributed by atoms with Crippen LogP contribution in [0.1, 0.15) is 5.56 Å². The first-order valence-corrected chi connectivity index (χ1v) is 8.41. The van der Waals surface area contributed by atoms with E-state index in [1.54, 1.807) is 37.9 Å². The number of nitrogen functional groups attached to an aromatic ring is 1. The Morgan fingerprint density at radius 2 is 1.82 bits per heavy atom. The Bertz CT molecular complexity index is 1150. The lowest BCUT2D eigenvalue weighted by Crippen LogP contribution is -2.00. The molecule has 0 saturated carbocycles. The number of pyridine rings is 1. The molecule has 3 heterocycles. The summed E-state index contributed by atoms with van der Waals surface area (Å²) in [6.07, 6.45) is 4.83. The molecule has 0 radical (unpaired) electrons. The number of ether oxygens (including phenoxy) is 1. The number of nitrogens with two attached hydrogens (primary N) is 1. The molecule has 4 rings (SSSR count). The van der Waals surface area contributed by atoms with Crippen LogP contribution in [0.15, 0.2) is 65.5 Å². The molecule has 7 nitrogen and oxygen atoms in total. The van der Waals surface area contributed by atoms with Crippen molar-refractivity contribution in [3.05, 3.63) is 66.7 Å². The highest BCUT2D eigenvalue weighted by atomic mass is 16.5. The van der Waals surface area contributed by atoms with Gasteiger partial charge in [-0.25, -0.2) is 15.0 Å². The minimum atomic E-state index is 0.154. The summed E-state index contributed by atoms with van der Waals surface area (Å²) in [5.41, 5.74) is 9.12. The first-order chi connectivity index (χ1) is 13.7. The molecule has 0 atom stereocenters. The summed E-state index contributed by atoms with van der Waals surface area (Å²) < 4.78 is 10.5. The second-order valence-electron chi connectivity index (χ2n) is 5.93. The van der Waals surface area contributed by atoms with Crippen molar-refractivity contribution in [1.29, 1.82) is 5.26 Å². The number of methoxy groups -OCH3 is 1. The Hall–Kier alpha value is -4.18. The molecule has 4 aromatic rings. The Morgan fingerprint density at radius 3 is 2.43 bits per heavy atom. The van der Waals surface area contributed by atoms with Gasteiger partial charge in [0, 0.05) is 29.1 Å². The Balaban J connectivity index is 1.79. The van der Waals surface area contributed by atoms with Crippen molar-refractivity contribution in [2.24, 2.45) is 0 Å². The molecule has 0 aliphatic carbocycles. The summed E-state index contributed by atoms with van der Waals surface area (Å²) >= 11 is 0. The van der Waals surface area contributed by atoms with E-state index in [2.05, 4.69) is 21.0 Å². The van der Waals surface area contributed by atoms with Gasteiger partial charge in [0.15, 0.2) is 11.6 Å². The number of hydrogen-bond donors (Lipinski definition) is 1. The molecular weight excluding hydrogens is 354 g/mol. The molecular formula is C21H15N5O2. The van der Waals surface area contributed by atoms with E-state index in [1.165, 1.54) is 0 Å². The van der Waals surface area contributed by atoms with Gasteiger partial charge in [-0.15, -0.1) is 0 Å². The molecule has 0 aliphatic rings. The maximum absolute atomic E-state index is 9.55. The lowest BCUT2D eigenvalue weighted by molar-refractivity contribution is 0.415. The van der Waals surface area contributed by atoms with Gasteiger partial charge in [-0.05, 0) is 42.5 Å². The minimum Gasteiger partial charge on any atom is -0.497 e. The number of rotatable bonds is 4. The van der Waals surface area contributed by atoms with Crippen LogP contribution in [0.4, 0.5) is 5.82 Å². The maximum Gasteiger partial charge on any atom is 0.195 e.